The summed E-state index contributed by atoms with van der Waals surface area (Å²) in [6, 6.07) is 9.87. The predicted octanol–water partition coefficient (Wildman–Crippen LogP) is 2.51. The number of likely N-dealkylation sites (N-methyl/N-ethyl adjacent to an activating group) is 1. The number of quaternary nitrogens is 1. The van der Waals surface area contributed by atoms with E-state index in [2.05, 4.69) is 0 Å². The summed E-state index contributed by atoms with van der Waals surface area (Å²) in [5.74, 6) is 1.31. The summed E-state index contributed by atoms with van der Waals surface area (Å²) >= 11 is 0. The number of non-ortho nitro benzene ring substituents is 1. The number of hydrogen-bond donors (Lipinski definition) is 0. The van der Waals surface area contributed by atoms with Gasteiger partial charge in [-0.1, -0.05) is 0 Å². The van der Waals surface area contributed by atoms with Crippen LogP contribution in [-0.4, -0.2) is 59.6 Å². The van der Waals surface area contributed by atoms with Gasteiger partial charge in [0.15, 0.2) is 11.5 Å². The molecule has 1 saturated heterocycles. The molecular formula is C20H19N4O5+. The number of carbonyl (C=O) groups excluding carboxylic acids is 1. The third-order valence-electron chi connectivity index (χ3n) is 5.60. The van der Waals surface area contributed by atoms with Crippen LogP contribution in [0.25, 0.3) is 0 Å². The molecule has 0 aromatic heterocycles. The second-order valence-corrected chi connectivity index (χ2v) is 7.97. The van der Waals surface area contributed by atoms with Crippen LogP contribution >= 0.6 is 0 Å². The number of hydrogen-bond acceptors (Lipinski definition) is 6. The molecule has 5 rings (SSSR count). The molecule has 2 amide bonds. The molecule has 3 aliphatic heterocycles. The van der Waals surface area contributed by atoms with Gasteiger partial charge in [-0.05, 0) is 29.8 Å². The molecule has 1 unspecified atom stereocenters. The normalized spacial score (nSPS) is 21.3. The Kier molecular flexibility index (Phi) is 3.66. The number of urea groups is 1. The third-order valence-corrected chi connectivity index (χ3v) is 5.60. The molecule has 2 aromatic rings. The summed E-state index contributed by atoms with van der Waals surface area (Å²) in [7, 11) is 3.75. The second kappa shape index (κ2) is 6.02. The zero-order valence-electron chi connectivity index (χ0n) is 16.0. The van der Waals surface area contributed by atoms with E-state index in [-0.39, 0.29) is 29.0 Å². The van der Waals surface area contributed by atoms with Crippen molar-refractivity contribution in [3.63, 3.8) is 0 Å². The van der Waals surface area contributed by atoms with Gasteiger partial charge in [-0.25, -0.2) is 9.28 Å². The molecule has 9 heteroatoms. The molecule has 0 bridgehead atoms. The van der Waals surface area contributed by atoms with Crippen molar-refractivity contribution in [2.24, 2.45) is 5.10 Å². The number of ether oxygens (including phenoxy) is 2. The van der Waals surface area contributed by atoms with E-state index in [0.717, 1.165) is 11.1 Å². The quantitative estimate of drug-likeness (QED) is 0.442. The van der Waals surface area contributed by atoms with Crippen molar-refractivity contribution in [3.8, 4) is 11.5 Å². The van der Waals surface area contributed by atoms with Crippen molar-refractivity contribution < 1.29 is 23.7 Å². The molecule has 0 aliphatic carbocycles. The highest BCUT2D eigenvalue weighted by Gasteiger charge is 2.49. The fraction of sp³-hybridized carbons (Fsp3) is 0.300. The van der Waals surface area contributed by atoms with E-state index in [1.165, 1.54) is 12.1 Å². The number of carbonyl (C=O) groups is 1. The lowest BCUT2D eigenvalue weighted by molar-refractivity contribution is -0.800. The van der Waals surface area contributed by atoms with Crippen molar-refractivity contribution >= 4 is 17.4 Å². The van der Waals surface area contributed by atoms with Gasteiger partial charge in [-0.2, -0.15) is 10.1 Å². The maximum absolute atomic E-state index is 12.9. The first kappa shape index (κ1) is 17.6. The lowest BCUT2D eigenvalue weighted by atomic mass is 9.93. The predicted molar refractivity (Wildman–Crippen MR) is 103 cm³/mol. The van der Waals surface area contributed by atoms with Crippen molar-refractivity contribution in [2.45, 2.75) is 12.5 Å². The minimum absolute atomic E-state index is 0.00167. The Bertz CT molecular complexity index is 1080. The topological polar surface area (TPSA) is 94.3 Å². The van der Waals surface area contributed by atoms with E-state index in [9.17, 15) is 14.9 Å². The van der Waals surface area contributed by atoms with Crippen LogP contribution in [0.2, 0.25) is 0 Å². The molecule has 2 aromatic carbocycles. The Balaban J connectivity index is 1.68. The Morgan fingerprint density at radius 1 is 1.17 bits per heavy atom. The first-order valence-electron chi connectivity index (χ1n) is 9.26. The number of hydrazone groups is 1. The highest BCUT2D eigenvalue weighted by Crippen LogP contribution is 2.39. The first-order valence-corrected chi connectivity index (χ1v) is 9.26. The summed E-state index contributed by atoms with van der Waals surface area (Å²) in [6.45, 7) is 0.809. The molecule has 3 heterocycles. The van der Waals surface area contributed by atoms with Crippen LogP contribution in [-0.2, 0) is 6.42 Å². The highest BCUT2D eigenvalue weighted by atomic mass is 16.7. The van der Waals surface area contributed by atoms with Crippen molar-refractivity contribution in [1.29, 1.82) is 0 Å². The van der Waals surface area contributed by atoms with Gasteiger partial charge in [0, 0.05) is 29.7 Å². The average molecular weight is 395 g/mol. The molecular weight excluding hydrogens is 376 g/mol. The van der Waals surface area contributed by atoms with Gasteiger partial charge in [0.25, 0.3) is 5.69 Å². The highest BCUT2D eigenvalue weighted by molar-refractivity contribution is 6.14. The van der Waals surface area contributed by atoms with Crippen molar-refractivity contribution in [1.82, 2.24) is 5.01 Å². The molecule has 0 N–H and O–H groups in total. The molecule has 0 radical (unpaired) electrons. The molecule has 1 fully saturated rings. The van der Waals surface area contributed by atoms with Gasteiger partial charge in [0.05, 0.1) is 24.7 Å². The van der Waals surface area contributed by atoms with Crippen LogP contribution in [0.1, 0.15) is 16.7 Å². The number of amides is 2. The monoisotopic (exact) mass is 395 g/mol. The number of nitro benzene ring substituents is 1. The standard InChI is InChI=1S/C20H19N4O5/c1-24(2)10-15-7-13-8-17-18(29-11-28-17)9-16(13)19(21-22(15)20(24)25)12-3-5-14(6-4-12)23(26)27/h3-6,8-9,15H,7,10-11H2,1-2H3/q+1. The van der Waals surface area contributed by atoms with E-state index in [0.29, 0.717) is 35.7 Å². The zero-order valence-corrected chi connectivity index (χ0v) is 16.0. The van der Waals surface area contributed by atoms with Crippen LogP contribution in [0.4, 0.5) is 10.5 Å². The molecule has 29 heavy (non-hydrogen) atoms. The maximum atomic E-state index is 12.9. The van der Waals surface area contributed by atoms with Crippen molar-refractivity contribution in [3.05, 3.63) is 63.2 Å². The number of fused-ring (bicyclic) bond motifs is 3. The minimum Gasteiger partial charge on any atom is -0.454 e. The van der Waals surface area contributed by atoms with Crippen LogP contribution < -0.4 is 9.47 Å². The van der Waals surface area contributed by atoms with Gasteiger partial charge < -0.3 is 9.47 Å². The average Bonchev–Trinajstić information content (AvgIpc) is 3.17. The van der Waals surface area contributed by atoms with Gasteiger partial charge in [0.1, 0.15) is 12.6 Å². The summed E-state index contributed by atoms with van der Waals surface area (Å²) < 4.78 is 11.3. The van der Waals surface area contributed by atoms with E-state index in [1.807, 2.05) is 26.2 Å². The van der Waals surface area contributed by atoms with Gasteiger partial charge in [0.2, 0.25) is 6.79 Å². The number of rotatable bonds is 2. The summed E-state index contributed by atoms with van der Waals surface area (Å²) in [4.78, 5) is 23.5. The molecule has 0 saturated carbocycles. The number of benzene rings is 2. The molecule has 9 nitrogen and oxygen atoms in total. The SMILES string of the molecule is C[N+]1(C)CC2Cc3cc4c(cc3C(c3ccc([N+](=O)[O-])cc3)=NN2C1=O)OCO4. The van der Waals surface area contributed by atoms with Gasteiger partial charge >= 0.3 is 6.03 Å². The van der Waals surface area contributed by atoms with Gasteiger partial charge in [-0.3, -0.25) is 10.1 Å². The van der Waals surface area contributed by atoms with Crippen LogP contribution in [0.3, 0.4) is 0 Å². The van der Waals surface area contributed by atoms with Crippen molar-refractivity contribution in [2.75, 3.05) is 27.4 Å². The van der Waals surface area contributed by atoms with Crippen LogP contribution in [0.5, 0.6) is 11.5 Å². The van der Waals surface area contributed by atoms with E-state index in [4.69, 9.17) is 14.6 Å². The minimum atomic E-state index is -0.440. The Morgan fingerprint density at radius 3 is 2.55 bits per heavy atom. The first-order chi connectivity index (χ1) is 13.8. The fourth-order valence-electron chi connectivity index (χ4n) is 4.13. The smallest absolute Gasteiger partial charge is 0.439 e. The Labute approximate surface area is 166 Å². The summed E-state index contributed by atoms with van der Waals surface area (Å²) in [5, 5.41) is 17.3. The van der Waals surface area contributed by atoms with Crippen LogP contribution in [0.15, 0.2) is 41.5 Å². The Hall–Kier alpha value is -3.46. The zero-order chi connectivity index (χ0) is 20.3. The lowest BCUT2D eigenvalue weighted by Crippen LogP contribution is -2.42. The molecule has 0 spiro atoms. The maximum Gasteiger partial charge on any atom is 0.439 e. The Morgan fingerprint density at radius 2 is 1.86 bits per heavy atom. The summed E-state index contributed by atoms with van der Waals surface area (Å²) in [6.07, 6.45) is 0.638. The number of nitro groups is 1. The fourth-order valence-corrected chi connectivity index (χ4v) is 4.13. The second-order valence-electron chi connectivity index (χ2n) is 7.97. The summed E-state index contributed by atoms with van der Waals surface area (Å²) in [5.41, 5.74) is 3.14. The van der Waals surface area contributed by atoms with E-state index in [1.54, 1.807) is 17.1 Å². The van der Waals surface area contributed by atoms with E-state index < -0.39 is 4.92 Å². The molecule has 3 aliphatic rings. The third kappa shape index (κ3) is 2.73. The largest absolute Gasteiger partial charge is 0.454 e. The van der Waals surface area contributed by atoms with E-state index >= 15 is 0 Å². The lowest BCUT2D eigenvalue weighted by Gasteiger charge is -2.19. The van der Waals surface area contributed by atoms with Gasteiger partial charge in [-0.15, -0.1) is 0 Å². The molecule has 1 atom stereocenters. The van der Waals surface area contributed by atoms with Crippen LogP contribution in [0, 0.1) is 10.1 Å². The molecule has 148 valence electrons. The number of nitrogens with zero attached hydrogens (tertiary/aromatic N) is 4.